The van der Waals surface area contributed by atoms with Gasteiger partial charge in [-0.25, -0.2) is 9.78 Å². The summed E-state index contributed by atoms with van der Waals surface area (Å²) in [5.74, 6) is 0.282. The summed E-state index contributed by atoms with van der Waals surface area (Å²) in [6.45, 7) is 4.92. The highest BCUT2D eigenvalue weighted by atomic mass is 16.5. The molecule has 1 atom stereocenters. The second kappa shape index (κ2) is 5.30. The normalized spacial score (nSPS) is 20.8. The number of rotatable bonds is 2. The summed E-state index contributed by atoms with van der Waals surface area (Å²) in [6, 6.07) is 0.460. The molecule has 1 aromatic rings. The smallest absolute Gasteiger partial charge is 0.358 e. The van der Waals surface area contributed by atoms with Crippen LogP contribution in [-0.4, -0.2) is 60.7 Å². The third-order valence-corrected chi connectivity index (χ3v) is 3.30. The van der Waals surface area contributed by atoms with E-state index < -0.39 is 5.97 Å². The van der Waals surface area contributed by atoms with Crippen molar-refractivity contribution in [2.75, 3.05) is 38.7 Å². The van der Waals surface area contributed by atoms with Gasteiger partial charge < -0.3 is 14.5 Å². The first-order valence-electron chi connectivity index (χ1n) is 5.97. The molecule has 0 saturated carbocycles. The summed E-state index contributed by atoms with van der Waals surface area (Å²) in [5, 5.41) is 0. The maximum absolute atomic E-state index is 11.4. The SMILES string of the molecule is COC(=O)c1cncc(N2CCN(C)C(C)C2)n1. The van der Waals surface area contributed by atoms with E-state index in [9.17, 15) is 4.79 Å². The number of nitrogens with zero attached hydrogens (tertiary/aromatic N) is 4. The third kappa shape index (κ3) is 2.59. The molecule has 0 spiro atoms. The molecule has 2 heterocycles. The lowest BCUT2D eigenvalue weighted by molar-refractivity contribution is 0.0593. The van der Waals surface area contributed by atoms with Gasteiger partial charge in [-0.3, -0.25) is 4.98 Å². The lowest BCUT2D eigenvalue weighted by Gasteiger charge is -2.38. The van der Waals surface area contributed by atoms with Gasteiger partial charge in [0.1, 0.15) is 5.82 Å². The Kier molecular flexibility index (Phi) is 3.76. The van der Waals surface area contributed by atoms with Crippen LogP contribution >= 0.6 is 0 Å². The van der Waals surface area contributed by atoms with Gasteiger partial charge in [0.2, 0.25) is 0 Å². The maximum Gasteiger partial charge on any atom is 0.358 e. The number of likely N-dealkylation sites (N-methyl/N-ethyl adjacent to an activating group) is 1. The summed E-state index contributed by atoms with van der Waals surface area (Å²) in [6.07, 6.45) is 3.11. The molecule has 0 amide bonds. The van der Waals surface area contributed by atoms with Crippen LogP contribution in [0.5, 0.6) is 0 Å². The molecule has 0 bridgehead atoms. The fourth-order valence-electron chi connectivity index (χ4n) is 1.97. The molecule has 6 nitrogen and oxygen atoms in total. The van der Waals surface area contributed by atoms with Crippen molar-refractivity contribution in [2.45, 2.75) is 13.0 Å². The molecule has 1 aromatic heterocycles. The summed E-state index contributed by atoms with van der Waals surface area (Å²) >= 11 is 0. The Labute approximate surface area is 107 Å². The fraction of sp³-hybridized carbons (Fsp3) is 0.583. The zero-order chi connectivity index (χ0) is 13.1. The van der Waals surface area contributed by atoms with E-state index >= 15 is 0 Å². The van der Waals surface area contributed by atoms with Crippen LogP contribution in [0.4, 0.5) is 5.82 Å². The Morgan fingerprint density at radius 3 is 2.89 bits per heavy atom. The molecular weight excluding hydrogens is 232 g/mol. The summed E-state index contributed by atoms with van der Waals surface area (Å²) in [7, 11) is 3.45. The van der Waals surface area contributed by atoms with E-state index in [2.05, 4.69) is 38.5 Å². The molecule has 0 radical (unpaired) electrons. The van der Waals surface area contributed by atoms with E-state index in [0.717, 1.165) is 25.5 Å². The van der Waals surface area contributed by atoms with Gasteiger partial charge in [-0.05, 0) is 14.0 Å². The Bertz CT molecular complexity index is 438. The minimum atomic E-state index is -0.452. The highest BCUT2D eigenvalue weighted by molar-refractivity contribution is 5.87. The molecule has 0 aliphatic carbocycles. The average Bonchev–Trinajstić information content (AvgIpc) is 2.41. The zero-order valence-corrected chi connectivity index (χ0v) is 11.0. The number of aromatic nitrogens is 2. The highest BCUT2D eigenvalue weighted by Crippen LogP contribution is 2.15. The fourth-order valence-corrected chi connectivity index (χ4v) is 1.97. The molecule has 1 saturated heterocycles. The minimum Gasteiger partial charge on any atom is -0.464 e. The number of methoxy groups -OCH3 is 1. The van der Waals surface area contributed by atoms with Crippen molar-refractivity contribution >= 4 is 11.8 Å². The first-order chi connectivity index (χ1) is 8.61. The van der Waals surface area contributed by atoms with Crippen molar-refractivity contribution in [3.05, 3.63) is 18.1 Å². The van der Waals surface area contributed by atoms with Crippen LogP contribution < -0.4 is 4.90 Å². The van der Waals surface area contributed by atoms with E-state index in [1.807, 2.05) is 0 Å². The quantitative estimate of drug-likeness (QED) is 0.708. The molecule has 1 aliphatic rings. The molecule has 0 aromatic carbocycles. The molecule has 1 fully saturated rings. The maximum atomic E-state index is 11.4. The topological polar surface area (TPSA) is 58.6 Å². The standard InChI is InChI=1S/C12H18N4O2/c1-9-8-16(5-4-15(9)2)11-7-13-6-10(14-11)12(17)18-3/h6-7,9H,4-5,8H2,1-3H3. The van der Waals surface area contributed by atoms with E-state index in [4.69, 9.17) is 0 Å². The van der Waals surface area contributed by atoms with Crippen molar-refractivity contribution in [3.63, 3.8) is 0 Å². The largest absolute Gasteiger partial charge is 0.464 e. The first-order valence-corrected chi connectivity index (χ1v) is 5.97. The van der Waals surface area contributed by atoms with Gasteiger partial charge in [-0.2, -0.15) is 0 Å². The molecule has 18 heavy (non-hydrogen) atoms. The number of hydrogen-bond donors (Lipinski definition) is 0. The number of esters is 1. The van der Waals surface area contributed by atoms with Crippen LogP contribution in [-0.2, 0) is 4.74 Å². The first kappa shape index (κ1) is 12.8. The number of ether oxygens (including phenoxy) is 1. The van der Waals surface area contributed by atoms with E-state index in [1.165, 1.54) is 13.3 Å². The summed E-state index contributed by atoms with van der Waals surface area (Å²) in [5.41, 5.74) is 0.251. The molecule has 2 rings (SSSR count). The van der Waals surface area contributed by atoms with Crippen LogP contribution in [0.15, 0.2) is 12.4 Å². The lowest BCUT2D eigenvalue weighted by Crippen LogP contribution is -2.50. The van der Waals surface area contributed by atoms with Crippen molar-refractivity contribution < 1.29 is 9.53 Å². The van der Waals surface area contributed by atoms with Gasteiger partial charge in [0.15, 0.2) is 5.69 Å². The lowest BCUT2D eigenvalue weighted by atomic mass is 10.2. The molecule has 1 unspecified atom stereocenters. The number of anilines is 1. The summed E-state index contributed by atoms with van der Waals surface area (Å²) in [4.78, 5) is 24.2. The number of piperazine rings is 1. The van der Waals surface area contributed by atoms with Gasteiger partial charge in [0.05, 0.1) is 19.5 Å². The van der Waals surface area contributed by atoms with E-state index in [1.54, 1.807) is 6.20 Å². The van der Waals surface area contributed by atoms with Gasteiger partial charge in [0, 0.05) is 25.7 Å². The molecular formula is C12H18N4O2. The molecule has 6 heteroatoms. The van der Waals surface area contributed by atoms with Crippen molar-refractivity contribution in [3.8, 4) is 0 Å². The van der Waals surface area contributed by atoms with Gasteiger partial charge >= 0.3 is 5.97 Å². The predicted octanol–water partition coefficient (Wildman–Crippen LogP) is 0.403. The Morgan fingerprint density at radius 2 is 2.22 bits per heavy atom. The monoisotopic (exact) mass is 250 g/mol. The van der Waals surface area contributed by atoms with E-state index in [-0.39, 0.29) is 5.69 Å². The van der Waals surface area contributed by atoms with Crippen LogP contribution in [0.25, 0.3) is 0 Å². The Balaban J connectivity index is 2.16. The number of carbonyl (C=O) groups is 1. The van der Waals surface area contributed by atoms with Gasteiger partial charge in [-0.1, -0.05) is 0 Å². The third-order valence-electron chi connectivity index (χ3n) is 3.30. The molecule has 0 N–H and O–H groups in total. The zero-order valence-electron chi connectivity index (χ0n) is 11.0. The number of hydrogen-bond acceptors (Lipinski definition) is 6. The molecule has 98 valence electrons. The second-order valence-corrected chi connectivity index (χ2v) is 4.53. The van der Waals surface area contributed by atoms with Crippen molar-refractivity contribution in [2.24, 2.45) is 0 Å². The second-order valence-electron chi connectivity index (χ2n) is 4.53. The van der Waals surface area contributed by atoms with Crippen molar-refractivity contribution in [1.29, 1.82) is 0 Å². The molecule has 1 aliphatic heterocycles. The number of carbonyl (C=O) groups excluding carboxylic acids is 1. The average molecular weight is 250 g/mol. The van der Waals surface area contributed by atoms with E-state index in [0.29, 0.717) is 6.04 Å². The van der Waals surface area contributed by atoms with Crippen LogP contribution in [0, 0.1) is 0 Å². The van der Waals surface area contributed by atoms with Crippen molar-refractivity contribution in [1.82, 2.24) is 14.9 Å². The summed E-state index contributed by atoms with van der Waals surface area (Å²) < 4.78 is 4.65. The Morgan fingerprint density at radius 1 is 1.44 bits per heavy atom. The minimum absolute atomic E-state index is 0.251. The predicted molar refractivity (Wildman–Crippen MR) is 67.7 cm³/mol. The van der Waals surface area contributed by atoms with Gasteiger partial charge in [-0.15, -0.1) is 0 Å². The van der Waals surface area contributed by atoms with Crippen LogP contribution in [0.1, 0.15) is 17.4 Å². The van der Waals surface area contributed by atoms with Crippen LogP contribution in [0.3, 0.4) is 0 Å². The van der Waals surface area contributed by atoms with Gasteiger partial charge in [0.25, 0.3) is 0 Å². The van der Waals surface area contributed by atoms with Crippen LogP contribution in [0.2, 0.25) is 0 Å². The Hall–Kier alpha value is -1.69. The highest BCUT2D eigenvalue weighted by Gasteiger charge is 2.22.